The molecule has 2 heteroatoms. The molecule has 0 aromatic heterocycles. The van der Waals surface area contributed by atoms with Gasteiger partial charge in [-0.15, -0.1) is 0 Å². The lowest BCUT2D eigenvalue weighted by atomic mass is 9.50. The number of anilines is 1. The number of fused-ring (bicyclic) bond motifs is 6. The predicted octanol–water partition coefficient (Wildman–Crippen LogP) is 12.5. The number of benzene rings is 7. The minimum atomic E-state index is -0.570. The molecule has 1 heterocycles. The van der Waals surface area contributed by atoms with Crippen LogP contribution in [-0.2, 0) is 10.8 Å². The molecular weight excluding hydrogens is 713 g/mol. The van der Waals surface area contributed by atoms with Crippen LogP contribution in [0.1, 0.15) is 69.1 Å². The Kier molecular flexibility index (Phi) is 7.80. The highest BCUT2D eigenvalue weighted by Crippen LogP contribution is 2.66. The van der Waals surface area contributed by atoms with Crippen LogP contribution in [-0.4, -0.2) is 12.1 Å². The quantitative estimate of drug-likeness (QED) is 0.182. The Morgan fingerprint density at radius 2 is 1.10 bits per heavy atom. The summed E-state index contributed by atoms with van der Waals surface area (Å²) in [6, 6.07) is 69.2. The summed E-state index contributed by atoms with van der Waals surface area (Å²) in [4.78, 5) is 2.55. The summed E-state index contributed by atoms with van der Waals surface area (Å²) < 4.78 is 0. The first-order chi connectivity index (χ1) is 29.3. The lowest BCUT2D eigenvalue weighted by molar-refractivity contribution is 0.610. The van der Waals surface area contributed by atoms with Gasteiger partial charge >= 0.3 is 0 Å². The molecule has 0 spiro atoms. The summed E-state index contributed by atoms with van der Waals surface area (Å²) >= 11 is 0. The minimum absolute atomic E-state index is 0.0501. The van der Waals surface area contributed by atoms with Crippen LogP contribution in [0, 0.1) is 0 Å². The van der Waals surface area contributed by atoms with Crippen molar-refractivity contribution in [1.82, 2.24) is 5.32 Å². The molecule has 1 aliphatic heterocycles. The molecule has 1 fully saturated rings. The van der Waals surface area contributed by atoms with Crippen LogP contribution in [0.3, 0.4) is 0 Å². The summed E-state index contributed by atoms with van der Waals surface area (Å²) in [6.45, 7) is 0. The van der Waals surface area contributed by atoms with Gasteiger partial charge in [-0.25, -0.2) is 0 Å². The van der Waals surface area contributed by atoms with Gasteiger partial charge in [-0.05, 0) is 97.3 Å². The van der Waals surface area contributed by atoms with E-state index in [1.54, 1.807) is 0 Å². The Labute approximate surface area is 347 Å². The van der Waals surface area contributed by atoms with Crippen molar-refractivity contribution in [2.24, 2.45) is 0 Å². The van der Waals surface area contributed by atoms with Crippen molar-refractivity contribution in [2.75, 3.05) is 4.90 Å². The Balaban J connectivity index is 1.10. The Morgan fingerprint density at radius 1 is 0.508 bits per heavy atom. The molecule has 2 nitrogen and oxygen atoms in total. The van der Waals surface area contributed by atoms with Crippen molar-refractivity contribution in [3.05, 3.63) is 274 Å². The summed E-state index contributed by atoms with van der Waals surface area (Å²) in [5.74, 6) is 0. The normalized spacial score (nSPS) is 24.4. The third-order valence-corrected chi connectivity index (χ3v) is 13.9. The average Bonchev–Trinajstić information content (AvgIpc) is 3.86. The number of para-hydroxylation sites is 1. The molecule has 0 radical (unpaired) electrons. The number of rotatable bonds is 6. The SMILES string of the molecule is C1=CC2NC(c3ccc(C4=C(C5(c6ccccc6)c6ccccc6C6(c7ccccc7)c7ccccc7-c7cccc5c76)C=CCC4)cc3)N(c3ccccc3)C2C=C1. The number of allylic oxidation sites excluding steroid dienone is 6. The number of nitrogens with zero attached hydrogens (tertiary/aromatic N) is 1. The molecule has 0 bridgehead atoms. The highest BCUT2D eigenvalue weighted by molar-refractivity contribution is 5.93. The second-order valence-electron chi connectivity index (χ2n) is 16.6. The van der Waals surface area contributed by atoms with E-state index in [1.807, 2.05) is 0 Å². The predicted molar refractivity (Wildman–Crippen MR) is 242 cm³/mol. The fourth-order valence-electron chi connectivity index (χ4n) is 11.6. The highest BCUT2D eigenvalue weighted by atomic mass is 15.4. The zero-order valence-corrected chi connectivity index (χ0v) is 32.9. The average molecular weight is 757 g/mol. The van der Waals surface area contributed by atoms with Crippen molar-refractivity contribution < 1.29 is 0 Å². The number of nitrogens with one attached hydrogen (secondary N) is 1. The van der Waals surface area contributed by atoms with Crippen LogP contribution in [0.5, 0.6) is 0 Å². The first-order valence-electron chi connectivity index (χ1n) is 21.2. The maximum Gasteiger partial charge on any atom is 0.107 e. The largest absolute Gasteiger partial charge is 0.343 e. The Hall–Kier alpha value is -6.74. The standard InChI is InChI=1S/C57H44N2/c1-4-19-41(20-5-1)56(49-30-14-15-31-50(49)57(42-21-6-2-7-22-42)48-29-13-11-26-45(48)46-27-18-32-51(56)54(46)57)47-28-12-10-25-44(47)39-35-37-40(38-36-39)55-58-52-33-16-17-34-53(52)59(55)43-23-8-3-9-24-43/h1-9,11-24,26-38,52-53,55,58H,10,25H2. The van der Waals surface area contributed by atoms with Crippen molar-refractivity contribution in [1.29, 1.82) is 0 Å². The van der Waals surface area contributed by atoms with Gasteiger partial charge in [-0.3, -0.25) is 5.32 Å². The molecule has 5 atom stereocenters. The van der Waals surface area contributed by atoms with Crippen molar-refractivity contribution in [2.45, 2.75) is 41.9 Å². The van der Waals surface area contributed by atoms with E-state index in [2.05, 4.69) is 229 Å². The van der Waals surface area contributed by atoms with Gasteiger partial charge in [-0.2, -0.15) is 0 Å². The van der Waals surface area contributed by atoms with Crippen molar-refractivity contribution >= 4 is 11.3 Å². The third-order valence-electron chi connectivity index (χ3n) is 13.9. The molecule has 0 saturated carbocycles. The zero-order valence-electron chi connectivity index (χ0n) is 32.9. The van der Waals surface area contributed by atoms with Gasteiger partial charge in [0.15, 0.2) is 0 Å². The fraction of sp³-hybridized carbons (Fsp3) is 0.123. The lowest BCUT2D eigenvalue weighted by Crippen LogP contribution is -2.45. The molecule has 1 saturated heterocycles. The van der Waals surface area contributed by atoms with Gasteiger partial charge in [-0.1, -0.05) is 206 Å². The van der Waals surface area contributed by atoms with Crippen LogP contribution in [0.15, 0.2) is 224 Å². The smallest absolute Gasteiger partial charge is 0.107 e. The lowest BCUT2D eigenvalue weighted by Gasteiger charge is -2.50. The van der Waals surface area contributed by atoms with Gasteiger partial charge in [0.05, 0.1) is 22.9 Å². The number of hydrogen-bond donors (Lipinski definition) is 1. The molecule has 5 aliphatic rings. The molecule has 59 heavy (non-hydrogen) atoms. The second kappa shape index (κ2) is 13.4. The molecule has 282 valence electrons. The van der Waals surface area contributed by atoms with E-state index in [1.165, 1.54) is 78.0 Å². The van der Waals surface area contributed by atoms with E-state index in [-0.39, 0.29) is 18.2 Å². The topological polar surface area (TPSA) is 15.3 Å². The Bertz CT molecular complexity index is 2870. The van der Waals surface area contributed by atoms with E-state index in [9.17, 15) is 0 Å². The van der Waals surface area contributed by atoms with Gasteiger partial charge in [0, 0.05) is 5.69 Å². The van der Waals surface area contributed by atoms with Crippen LogP contribution < -0.4 is 10.2 Å². The van der Waals surface area contributed by atoms with E-state index in [0.29, 0.717) is 0 Å². The fourth-order valence-corrected chi connectivity index (χ4v) is 11.6. The Morgan fingerprint density at radius 3 is 1.85 bits per heavy atom. The van der Waals surface area contributed by atoms with Crippen LogP contribution >= 0.6 is 0 Å². The van der Waals surface area contributed by atoms with Crippen LogP contribution in [0.2, 0.25) is 0 Å². The summed E-state index contributed by atoms with van der Waals surface area (Å²) in [5, 5.41) is 3.97. The van der Waals surface area contributed by atoms with Crippen LogP contribution in [0.25, 0.3) is 16.7 Å². The molecular formula is C57H44N2. The van der Waals surface area contributed by atoms with Crippen molar-refractivity contribution in [3.63, 3.8) is 0 Å². The monoisotopic (exact) mass is 756 g/mol. The maximum atomic E-state index is 3.97. The van der Waals surface area contributed by atoms with Gasteiger partial charge < -0.3 is 4.90 Å². The molecule has 12 rings (SSSR count). The van der Waals surface area contributed by atoms with Gasteiger partial charge in [0.2, 0.25) is 0 Å². The highest BCUT2D eigenvalue weighted by Gasteiger charge is 2.58. The number of hydrogen-bond acceptors (Lipinski definition) is 2. The molecule has 4 aliphatic carbocycles. The zero-order chi connectivity index (χ0) is 39.0. The first-order valence-corrected chi connectivity index (χ1v) is 21.2. The summed E-state index contributed by atoms with van der Waals surface area (Å²) in [6.07, 6.45) is 15.9. The van der Waals surface area contributed by atoms with E-state index in [0.717, 1.165) is 12.8 Å². The van der Waals surface area contributed by atoms with E-state index < -0.39 is 10.8 Å². The molecule has 7 aromatic rings. The summed E-state index contributed by atoms with van der Waals surface area (Å²) in [5.41, 5.74) is 17.7. The molecule has 1 N–H and O–H groups in total. The molecule has 5 unspecified atom stereocenters. The van der Waals surface area contributed by atoms with E-state index in [4.69, 9.17) is 0 Å². The van der Waals surface area contributed by atoms with E-state index >= 15 is 0 Å². The molecule has 0 amide bonds. The third kappa shape index (κ3) is 4.78. The maximum absolute atomic E-state index is 3.97. The van der Waals surface area contributed by atoms with Crippen LogP contribution in [0.4, 0.5) is 5.69 Å². The van der Waals surface area contributed by atoms with Crippen molar-refractivity contribution in [3.8, 4) is 11.1 Å². The van der Waals surface area contributed by atoms with Gasteiger partial charge in [0.1, 0.15) is 6.17 Å². The first kappa shape index (κ1) is 34.3. The summed E-state index contributed by atoms with van der Waals surface area (Å²) in [7, 11) is 0. The van der Waals surface area contributed by atoms with Gasteiger partial charge in [0.25, 0.3) is 0 Å². The second-order valence-corrected chi connectivity index (χ2v) is 16.6. The minimum Gasteiger partial charge on any atom is -0.343 e. The molecule has 7 aromatic carbocycles.